The number of aromatic nitrogens is 3. The van der Waals surface area contributed by atoms with Gasteiger partial charge in [0.2, 0.25) is 5.88 Å². The Morgan fingerprint density at radius 3 is 2.65 bits per heavy atom. The summed E-state index contributed by atoms with van der Waals surface area (Å²) in [4.78, 5) is 19.3. The van der Waals surface area contributed by atoms with Crippen LogP contribution in [0.4, 0.5) is 14.5 Å². The van der Waals surface area contributed by atoms with Gasteiger partial charge in [-0.3, -0.25) is 4.79 Å². The van der Waals surface area contributed by atoms with Crippen LogP contribution in [0, 0.1) is 24.5 Å². The number of carbonyl (C=O) groups excluding carboxylic acids is 1. The Morgan fingerprint density at radius 2 is 1.95 bits per heavy atom. The number of ether oxygens (including phenoxy) is 1. The number of fused-ring (bicyclic) bond motifs is 1. The molecule has 1 aliphatic carbocycles. The van der Waals surface area contributed by atoms with Crippen LogP contribution in [0.15, 0.2) is 48.7 Å². The van der Waals surface area contributed by atoms with Crippen molar-refractivity contribution in [3.63, 3.8) is 0 Å². The molecule has 0 atom stereocenters. The maximum Gasteiger partial charge on any atom is 0.239 e. The second kappa shape index (κ2) is 10.3. The molecule has 2 aromatic carbocycles. The molecule has 2 heterocycles. The molecule has 0 aliphatic heterocycles. The molecule has 0 saturated heterocycles. The van der Waals surface area contributed by atoms with Crippen LogP contribution in [0.1, 0.15) is 35.2 Å². The lowest BCUT2D eigenvalue weighted by Crippen LogP contribution is -2.21. The number of Topliss-reactive ketones (excluding diaryl/α,β-unsaturated/α-hetero) is 1. The van der Waals surface area contributed by atoms with Crippen molar-refractivity contribution in [1.29, 1.82) is 0 Å². The number of rotatable bonds is 10. The lowest BCUT2D eigenvalue weighted by molar-refractivity contribution is 0.0975. The second-order valence-corrected chi connectivity index (χ2v) is 9.78. The van der Waals surface area contributed by atoms with Gasteiger partial charge in [0.05, 0.1) is 17.6 Å². The van der Waals surface area contributed by atoms with Gasteiger partial charge in [0.25, 0.3) is 0 Å². The Morgan fingerprint density at radius 1 is 1.14 bits per heavy atom. The first-order valence-electron chi connectivity index (χ1n) is 12.3. The third-order valence-corrected chi connectivity index (χ3v) is 6.43. The zero-order valence-corrected chi connectivity index (χ0v) is 21.1. The molecule has 0 spiro atoms. The molecular formula is C28H29F2N5O2. The molecule has 9 heteroatoms. The molecule has 0 radical (unpaired) electrons. The van der Waals surface area contributed by atoms with E-state index < -0.39 is 11.6 Å². The number of nitrogens with one attached hydrogen (secondary N) is 1. The summed E-state index contributed by atoms with van der Waals surface area (Å²) in [5.41, 5.74) is 4.49. The van der Waals surface area contributed by atoms with Crippen LogP contribution < -0.4 is 10.1 Å². The summed E-state index contributed by atoms with van der Waals surface area (Å²) >= 11 is 0. The third-order valence-electron chi connectivity index (χ3n) is 6.43. The molecule has 37 heavy (non-hydrogen) atoms. The van der Waals surface area contributed by atoms with Gasteiger partial charge in [-0.2, -0.15) is 0 Å². The van der Waals surface area contributed by atoms with E-state index in [1.54, 1.807) is 16.8 Å². The predicted octanol–water partition coefficient (Wildman–Crippen LogP) is 5.73. The SMILES string of the molecule is Cc1cc(-c2cnc3c(NCCN(C)C)cc(Oc4ccc(F)c(F)c4)nn23)ccc1C(=O)CC1CC1. The molecule has 0 amide bonds. The van der Waals surface area contributed by atoms with E-state index in [2.05, 4.69) is 20.3 Å². The van der Waals surface area contributed by atoms with Gasteiger partial charge in [0.1, 0.15) is 5.75 Å². The van der Waals surface area contributed by atoms with Crippen molar-refractivity contribution in [1.82, 2.24) is 19.5 Å². The molecule has 4 aromatic rings. The van der Waals surface area contributed by atoms with E-state index in [0.29, 0.717) is 35.9 Å². The highest BCUT2D eigenvalue weighted by molar-refractivity contribution is 5.98. The van der Waals surface area contributed by atoms with Crippen molar-refractivity contribution in [2.45, 2.75) is 26.2 Å². The molecule has 0 bridgehead atoms. The molecule has 5 rings (SSSR count). The normalized spacial score (nSPS) is 13.4. The Labute approximate surface area is 214 Å². The largest absolute Gasteiger partial charge is 0.437 e. The Bertz CT molecular complexity index is 1460. The van der Waals surface area contributed by atoms with Crippen LogP contribution in [0.25, 0.3) is 16.9 Å². The number of imidazole rings is 1. The predicted molar refractivity (Wildman–Crippen MR) is 138 cm³/mol. The first-order valence-corrected chi connectivity index (χ1v) is 12.3. The maximum atomic E-state index is 13.8. The summed E-state index contributed by atoms with van der Waals surface area (Å²) in [5.74, 6) is -0.927. The van der Waals surface area contributed by atoms with E-state index in [-0.39, 0.29) is 17.4 Å². The molecule has 1 aliphatic rings. The molecule has 1 N–H and O–H groups in total. The average molecular weight is 506 g/mol. The number of nitrogens with zero attached hydrogens (tertiary/aromatic N) is 4. The van der Waals surface area contributed by atoms with Crippen molar-refractivity contribution in [3.05, 3.63) is 71.4 Å². The second-order valence-electron chi connectivity index (χ2n) is 9.78. The molecule has 1 saturated carbocycles. The highest BCUT2D eigenvalue weighted by Crippen LogP contribution is 2.35. The summed E-state index contributed by atoms with van der Waals surface area (Å²) in [6.45, 7) is 3.37. The van der Waals surface area contributed by atoms with Crippen molar-refractivity contribution in [2.75, 3.05) is 32.5 Å². The van der Waals surface area contributed by atoms with Crippen LogP contribution in [0.5, 0.6) is 11.6 Å². The van der Waals surface area contributed by atoms with Gasteiger partial charge in [-0.1, -0.05) is 12.1 Å². The first kappa shape index (κ1) is 24.8. The Balaban J connectivity index is 1.51. The van der Waals surface area contributed by atoms with Crippen LogP contribution in [0.2, 0.25) is 0 Å². The van der Waals surface area contributed by atoms with Gasteiger partial charge in [0.15, 0.2) is 23.1 Å². The third kappa shape index (κ3) is 5.61. The number of hydrogen-bond donors (Lipinski definition) is 1. The molecular weight excluding hydrogens is 476 g/mol. The summed E-state index contributed by atoms with van der Waals surface area (Å²) in [7, 11) is 3.97. The lowest BCUT2D eigenvalue weighted by atomic mass is 9.98. The fourth-order valence-corrected chi connectivity index (χ4v) is 4.23. The Hall–Kier alpha value is -3.85. The summed E-state index contributed by atoms with van der Waals surface area (Å²) in [5, 5.41) is 7.96. The van der Waals surface area contributed by atoms with Gasteiger partial charge in [-0.25, -0.2) is 18.3 Å². The first-order chi connectivity index (χ1) is 17.8. The van der Waals surface area contributed by atoms with Crippen LogP contribution >= 0.6 is 0 Å². The number of anilines is 1. The quantitative estimate of drug-likeness (QED) is 0.278. The van der Waals surface area contributed by atoms with Crippen molar-refractivity contribution in [3.8, 4) is 22.9 Å². The van der Waals surface area contributed by atoms with Crippen LogP contribution in [-0.2, 0) is 0 Å². The average Bonchev–Trinajstić information content (AvgIpc) is 3.56. The van der Waals surface area contributed by atoms with Gasteiger partial charge >= 0.3 is 0 Å². The minimum absolute atomic E-state index is 0.126. The number of ketones is 1. The molecule has 7 nitrogen and oxygen atoms in total. The van der Waals surface area contributed by atoms with Crippen LogP contribution in [-0.4, -0.2) is 52.5 Å². The molecule has 192 valence electrons. The number of benzene rings is 2. The smallest absolute Gasteiger partial charge is 0.239 e. The summed E-state index contributed by atoms with van der Waals surface area (Å²) < 4.78 is 34.6. The van der Waals surface area contributed by atoms with Gasteiger partial charge < -0.3 is 15.0 Å². The monoisotopic (exact) mass is 505 g/mol. The number of halogens is 2. The van der Waals surface area contributed by atoms with E-state index in [4.69, 9.17) is 4.74 Å². The van der Waals surface area contributed by atoms with Crippen molar-refractivity contribution in [2.24, 2.45) is 5.92 Å². The fourth-order valence-electron chi connectivity index (χ4n) is 4.23. The van der Waals surface area contributed by atoms with E-state index in [1.165, 1.54) is 6.07 Å². The highest BCUT2D eigenvalue weighted by atomic mass is 19.2. The van der Waals surface area contributed by atoms with Crippen molar-refractivity contribution < 1.29 is 18.3 Å². The van der Waals surface area contributed by atoms with E-state index in [0.717, 1.165) is 48.2 Å². The fraction of sp³-hybridized carbons (Fsp3) is 0.321. The number of likely N-dealkylation sites (N-methyl/N-ethyl adjacent to an activating group) is 1. The molecule has 2 aromatic heterocycles. The molecule has 1 fully saturated rings. The highest BCUT2D eigenvalue weighted by Gasteiger charge is 2.25. The number of carbonyl (C=O) groups is 1. The summed E-state index contributed by atoms with van der Waals surface area (Å²) in [6.07, 6.45) is 4.59. The Kier molecular flexibility index (Phi) is 6.88. The minimum Gasteiger partial charge on any atom is -0.437 e. The van der Waals surface area contributed by atoms with E-state index in [1.807, 2.05) is 39.2 Å². The van der Waals surface area contributed by atoms with Crippen LogP contribution in [0.3, 0.4) is 0 Å². The maximum absolute atomic E-state index is 13.8. The van der Waals surface area contributed by atoms with E-state index in [9.17, 15) is 13.6 Å². The topological polar surface area (TPSA) is 71.8 Å². The zero-order valence-electron chi connectivity index (χ0n) is 21.1. The van der Waals surface area contributed by atoms with Gasteiger partial charge in [0, 0.05) is 42.8 Å². The van der Waals surface area contributed by atoms with Crippen molar-refractivity contribution >= 4 is 17.1 Å². The number of aryl methyl sites for hydroxylation is 1. The standard InChI is InChI=1S/C28H29F2N5O2/c1-17-12-19(6-8-21(17)26(36)13-18-4-5-18)25-16-32-28-24(31-10-11-34(2)3)15-27(33-35(25)28)37-20-7-9-22(29)23(30)14-20/h6-9,12,14-16,18,31H,4-5,10-11,13H2,1-3H3. The molecule has 0 unspecified atom stereocenters. The zero-order chi connectivity index (χ0) is 26.1. The summed E-state index contributed by atoms with van der Waals surface area (Å²) in [6, 6.07) is 10.8. The lowest BCUT2D eigenvalue weighted by Gasteiger charge is -2.14. The number of hydrogen-bond acceptors (Lipinski definition) is 6. The van der Waals surface area contributed by atoms with Gasteiger partial charge in [-0.15, -0.1) is 5.10 Å². The van der Waals surface area contributed by atoms with E-state index >= 15 is 0 Å². The van der Waals surface area contributed by atoms with Gasteiger partial charge in [-0.05, 0) is 63.5 Å². The minimum atomic E-state index is -1.00.